The second-order valence-electron chi connectivity index (χ2n) is 2.49. The average Bonchev–Trinajstić information content (AvgIpc) is 2.20. The Labute approximate surface area is 89.6 Å². The highest BCUT2D eigenvalue weighted by atomic mass is 35.5. The van der Waals surface area contributed by atoms with E-state index in [1.165, 1.54) is 12.3 Å². The highest BCUT2D eigenvalue weighted by molar-refractivity contribution is 6.13. The van der Waals surface area contributed by atoms with Crippen LogP contribution in [-0.4, -0.2) is 12.2 Å². The number of hydrazone groups is 1. The summed E-state index contributed by atoms with van der Waals surface area (Å²) >= 11 is 5.02. The lowest BCUT2D eigenvalue weighted by molar-refractivity contribution is 0.508. The summed E-state index contributed by atoms with van der Waals surface area (Å²) in [5.41, 5.74) is 5.60. The van der Waals surface area contributed by atoms with Crippen molar-refractivity contribution in [3.05, 3.63) is 35.4 Å². The molecule has 0 aliphatic rings. The molecule has 4 nitrogen and oxygen atoms in total. The predicted molar refractivity (Wildman–Crippen MR) is 54.6 cm³/mol. The van der Waals surface area contributed by atoms with E-state index in [4.69, 9.17) is 17.5 Å². The molecular formula is C8H7ClF2N4. The first-order valence-electron chi connectivity index (χ1n) is 3.81. The molecule has 0 saturated heterocycles. The molecule has 0 saturated carbocycles. The number of benzene rings is 1. The van der Waals surface area contributed by atoms with Crippen LogP contribution in [-0.2, 0) is 0 Å². The van der Waals surface area contributed by atoms with Crippen molar-refractivity contribution in [2.45, 2.75) is 0 Å². The standard InChI is InChI=1S/C8H7ClF2N4/c9-15-14-8(12)13-4-5-1-2-6(10)7(11)3-5/h1-4,15H,(H2,12,14). The van der Waals surface area contributed by atoms with Crippen molar-refractivity contribution in [1.82, 2.24) is 4.94 Å². The summed E-state index contributed by atoms with van der Waals surface area (Å²) in [6.45, 7) is 0. The van der Waals surface area contributed by atoms with Gasteiger partial charge in [-0.25, -0.2) is 18.7 Å². The van der Waals surface area contributed by atoms with Crippen molar-refractivity contribution >= 4 is 24.0 Å². The lowest BCUT2D eigenvalue weighted by atomic mass is 10.2. The van der Waals surface area contributed by atoms with Gasteiger partial charge in [0.25, 0.3) is 0 Å². The Balaban J connectivity index is 2.81. The van der Waals surface area contributed by atoms with Crippen LogP contribution in [0.5, 0.6) is 0 Å². The van der Waals surface area contributed by atoms with E-state index in [0.717, 1.165) is 12.1 Å². The first-order valence-corrected chi connectivity index (χ1v) is 4.19. The number of nitrogens with two attached hydrogens (primary N) is 1. The van der Waals surface area contributed by atoms with Crippen LogP contribution in [0.15, 0.2) is 28.3 Å². The van der Waals surface area contributed by atoms with Crippen LogP contribution < -0.4 is 10.7 Å². The molecule has 1 aromatic rings. The molecule has 0 aliphatic heterocycles. The molecule has 3 N–H and O–H groups in total. The fourth-order valence-corrected chi connectivity index (χ4v) is 0.892. The minimum atomic E-state index is -0.954. The third kappa shape index (κ3) is 3.51. The van der Waals surface area contributed by atoms with Gasteiger partial charge in [-0.3, -0.25) is 0 Å². The van der Waals surface area contributed by atoms with Gasteiger partial charge >= 0.3 is 0 Å². The van der Waals surface area contributed by atoms with E-state index in [1.807, 2.05) is 4.94 Å². The van der Waals surface area contributed by atoms with E-state index in [1.54, 1.807) is 0 Å². The van der Waals surface area contributed by atoms with Gasteiger partial charge in [0.05, 0.1) is 0 Å². The number of guanidine groups is 1. The highest BCUT2D eigenvalue weighted by Crippen LogP contribution is 2.06. The first-order chi connectivity index (χ1) is 7.13. The Morgan fingerprint density at radius 3 is 2.73 bits per heavy atom. The van der Waals surface area contributed by atoms with Crippen LogP contribution in [0.25, 0.3) is 0 Å². The smallest absolute Gasteiger partial charge is 0.238 e. The topological polar surface area (TPSA) is 62.8 Å². The van der Waals surface area contributed by atoms with Gasteiger partial charge in [-0.1, -0.05) is 6.07 Å². The second kappa shape index (κ2) is 5.26. The third-order valence-electron chi connectivity index (χ3n) is 1.45. The Morgan fingerprint density at radius 2 is 2.13 bits per heavy atom. The zero-order valence-electron chi connectivity index (χ0n) is 7.42. The molecule has 80 valence electrons. The number of hydrogen-bond donors (Lipinski definition) is 2. The molecule has 1 aromatic carbocycles. The zero-order valence-corrected chi connectivity index (χ0v) is 8.17. The molecule has 0 spiro atoms. The molecule has 7 heteroatoms. The quantitative estimate of drug-likeness (QED) is 0.350. The first kappa shape index (κ1) is 11.4. The van der Waals surface area contributed by atoms with Crippen molar-refractivity contribution in [3.63, 3.8) is 0 Å². The van der Waals surface area contributed by atoms with E-state index in [-0.39, 0.29) is 5.96 Å². The fourth-order valence-electron chi connectivity index (χ4n) is 0.806. The van der Waals surface area contributed by atoms with Crippen LogP contribution in [0.4, 0.5) is 8.78 Å². The minimum absolute atomic E-state index is 0.130. The number of nitrogens with zero attached hydrogens (tertiary/aromatic N) is 2. The summed E-state index contributed by atoms with van der Waals surface area (Å²) in [6, 6.07) is 3.33. The van der Waals surface area contributed by atoms with Gasteiger partial charge in [-0.15, -0.1) is 5.10 Å². The molecule has 0 aromatic heterocycles. The maximum atomic E-state index is 12.7. The Morgan fingerprint density at radius 1 is 1.40 bits per heavy atom. The number of hydrogen-bond acceptors (Lipinski definition) is 2. The summed E-state index contributed by atoms with van der Waals surface area (Å²) < 4.78 is 25.2. The second-order valence-corrected chi connectivity index (χ2v) is 2.66. The van der Waals surface area contributed by atoms with E-state index in [0.29, 0.717) is 5.56 Å². The van der Waals surface area contributed by atoms with E-state index in [2.05, 4.69) is 10.1 Å². The lowest BCUT2D eigenvalue weighted by Gasteiger charge is -1.95. The van der Waals surface area contributed by atoms with Gasteiger partial charge in [0, 0.05) is 18.0 Å². The molecule has 0 bridgehead atoms. The maximum absolute atomic E-state index is 12.7. The molecule has 0 radical (unpaired) electrons. The number of aliphatic imine (C=N–C) groups is 1. The Kier molecular flexibility index (Phi) is 3.99. The summed E-state index contributed by atoms with van der Waals surface area (Å²) in [4.78, 5) is 5.53. The molecule has 0 heterocycles. The molecule has 0 aliphatic carbocycles. The van der Waals surface area contributed by atoms with Crippen molar-refractivity contribution < 1.29 is 8.78 Å². The van der Waals surface area contributed by atoms with Crippen LogP contribution in [0, 0.1) is 11.6 Å². The Hall–Kier alpha value is -1.69. The van der Waals surface area contributed by atoms with E-state index >= 15 is 0 Å². The van der Waals surface area contributed by atoms with Crippen molar-refractivity contribution in [2.24, 2.45) is 15.8 Å². The van der Waals surface area contributed by atoms with E-state index < -0.39 is 11.6 Å². The molecule has 0 amide bonds. The van der Waals surface area contributed by atoms with Gasteiger partial charge in [0.1, 0.15) is 0 Å². The van der Waals surface area contributed by atoms with E-state index in [9.17, 15) is 8.78 Å². The van der Waals surface area contributed by atoms with Crippen LogP contribution in [0.1, 0.15) is 5.56 Å². The normalized spacial score (nSPS) is 12.1. The monoisotopic (exact) mass is 232 g/mol. The van der Waals surface area contributed by atoms with Gasteiger partial charge in [-0.2, -0.15) is 0 Å². The number of nitrogens with one attached hydrogen (secondary N) is 1. The molecule has 15 heavy (non-hydrogen) atoms. The molecule has 0 fully saturated rings. The Bertz CT molecular complexity index is 406. The molecule has 0 unspecified atom stereocenters. The van der Waals surface area contributed by atoms with Crippen LogP contribution in [0.2, 0.25) is 0 Å². The predicted octanol–water partition coefficient (Wildman–Crippen LogP) is 1.36. The van der Waals surface area contributed by atoms with Crippen molar-refractivity contribution in [1.29, 1.82) is 0 Å². The molecule has 0 atom stereocenters. The van der Waals surface area contributed by atoms with Crippen LogP contribution >= 0.6 is 11.8 Å². The van der Waals surface area contributed by atoms with Gasteiger partial charge < -0.3 is 5.73 Å². The summed E-state index contributed by atoms with van der Waals surface area (Å²) in [5.74, 6) is -2.00. The zero-order chi connectivity index (χ0) is 11.3. The van der Waals surface area contributed by atoms with Crippen molar-refractivity contribution in [3.8, 4) is 0 Å². The van der Waals surface area contributed by atoms with Gasteiger partial charge in [-0.05, 0) is 17.7 Å². The summed E-state index contributed by atoms with van der Waals surface area (Å²) in [7, 11) is 0. The minimum Gasteiger partial charge on any atom is -0.367 e. The number of halogens is 3. The molecule has 1 rings (SSSR count). The fraction of sp³-hybridized carbons (Fsp3) is 0. The van der Waals surface area contributed by atoms with Crippen molar-refractivity contribution in [2.75, 3.05) is 0 Å². The van der Waals surface area contributed by atoms with Crippen LogP contribution in [0.3, 0.4) is 0 Å². The maximum Gasteiger partial charge on any atom is 0.238 e. The molecular weight excluding hydrogens is 226 g/mol. The average molecular weight is 233 g/mol. The van der Waals surface area contributed by atoms with Gasteiger partial charge in [0.2, 0.25) is 5.96 Å². The largest absolute Gasteiger partial charge is 0.367 e. The summed E-state index contributed by atoms with van der Waals surface area (Å²) in [5, 5.41) is 3.32. The summed E-state index contributed by atoms with van der Waals surface area (Å²) in [6.07, 6.45) is 1.23. The number of rotatable bonds is 2. The third-order valence-corrected chi connectivity index (χ3v) is 1.53. The highest BCUT2D eigenvalue weighted by Gasteiger charge is 2.00. The SMILES string of the molecule is NC(N=Cc1ccc(F)c(F)c1)=NNCl. The van der Waals surface area contributed by atoms with Gasteiger partial charge in [0.15, 0.2) is 11.6 Å². The lowest BCUT2D eigenvalue weighted by Crippen LogP contribution is -2.11.